The third-order valence-corrected chi connectivity index (χ3v) is 6.20. The summed E-state index contributed by atoms with van der Waals surface area (Å²) in [7, 11) is 0. The van der Waals surface area contributed by atoms with Gasteiger partial charge in [-0.2, -0.15) is 0 Å². The van der Waals surface area contributed by atoms with E-state index in [2.05, 4.69) is 19.2 Å². The standard InChI is InChI=1S/C15H23Cl2NO3/c1-9-5-4-6-11(10(9)2)18-12(19)7-21-13(20)14(3)8-15(14,16)17/h9-11H,4-8H2,1-3H3,(H,18,19)/t9-,10-,11+,14+/m1/s1. The molecule has 0 unspecified atom stereocenters. The molecule has 1 N–H and O–H groups in total. The van der Waals surface area contributed by atoms with Crippen molar-refractivity contribution in [1.29, 1.82) is 0 Å². The first-order chi connectivity index (χ1) is 9.67. The minimum atomic E-state index is -1.06. The predicted molar refractivity (Wildman–Crippen MR) is 82.2 cm³/mol. The van der Waals surface area contributed by atoms with Gasteiger partial charge in [-0.1, -0.05) is 26.7 Å². The lowest BCUT2D eigenvalue weighted by atomic mass is 9.78. The van der Waals surface area contributed by atoms with Gasteiger partial charge < -0.3 is 10.1 Å². The molecule has 0 heterocycles. The third-order valence-electron chi connectivity index (χ3n) is 5.10. The topological polar surface area (TPSA) is 55.4 Å². The number of halogens is 2. The second-order valence-corrected chi connectivity index (χ2v) is 8.21. The van der Waals surface area contributed by atoms with E-state index in [0.717, 1.165) is 12.8 Å². The van der Waals surface area contributed by atoms with Crippen LogP contribution in [0.1, 0.15) is 46.5 Å². The summed E-state index contributed by atoms with van der Waals surface area (Å²) in [5, 5.41) is 2.96. The number of alkyl halides is 2. The van der Waals surface area contributed by atoms with E-state index in [-0.39, 0.29) is 18.6 Å². The Morgan fingerprint density at radius 2 is 1.90 bits per heavy atom. The van der Waals surface area contributed by atoms with E-state index in [1.54, 1.807) is 6.92 Å². The minimum absolute atomic E-state index is 0.164. The van der Waals surface area contributed by atoms with Gasteiger partial charge >= 0.3 is 5.97 Å². The number of esters is 1. The van der Waals surface area contributed by atoms with Crippen LogP contribution < -0.4 is 5.32 Å². The Morgan fingerprint density at radius 1 is 1.29 bits per heavy atom. The van der Waals surface area contributed by atoms with Crippen LogP contribution in [0.25, 0.3) is 0 Å². The van der Waals surface area contributed by atoms with Crippen LogP contribution in [0.15, 0.2) is 0 Å². The summed E-state index contributed by atoms with van der Waals surface area (Å²) >= 11 is 11.8. The molecule has 0 radical (unpaired) electrons. The van der Waals surface area contributed by atoms with Gasteiger partial charge in [0.2, 0.25) is 0 Å². The highest BCUT2D eigenvalue weighted by Crippen LogP contribution is 2.64. The first kappa shape index (κ1) is 16.9. The Balaban J connectivity index is 1.77. The van der Waals surface area contributed by atoms with Crippen molar-refractivity contribution in [2.75, 3.05) is 6.61 Å². The number of carbonyl (C=O) groups is 2. The molecular weight excluding hydrogens is 313 g/mol. The third kappa shape index (κ3) is 3.48. The molecule has 2 rings (SSSR count). The highest BCUT2D eigenvalue weighted by Gasteiger charge is 2.69. The first-order valence-corrected chi connectivity index (χ1v) is 8.27. The molecule has 0 aromatic rings. The fraction of sp³-hybridized carbons (Fsp3) is 0.867. The molecule has 6 heteroatoms. The summed E-state index contributed by atoms with van der Waals surface area (Å²) in [6.45, 7) is 5.74. The van der Waals surface area contributed by atoms with Gasteiger partial charge in [0.25, 0.3) is 5.91 Å². The van der Waals surface area contributed by atoms with Gasteiger partial charge in [0.05, 0.1) is 0 Å². The zero-order valence-electron chi connectivity index (χ0n) is 12.7. The second kappa shape index (κ2) is 5.96. The summed E-state index contributed by atoms with van der Waals surface area (Å²) in [4.78, 5) is 23.8. The van der Waals surface area contributed by atoms with Crippen LogP contribution in [0.3, 0.4) is 0 Å². The average molecular weight is 336 g/mol. The van der Waals surface area contributed by atoms with Crippen molar-refractivity contribution in [3.8, 4) is 0 Å². The molecule has 0 bridgehead atoms. The van der Waals surface area contributed by atoms with Crippen LogP contribution in [0, 0.1) is 17.3 Å². The molecule has 0 aromatic carbocycles. The fourth-order valence-corrected chi connectivity index (χ4v) is 3.63. The molecule has 2 aliphatic rings. The molecule has 4 nitrogen and oxygen atoms in total. The van der Waals surface area contributed by atoms with E-state index in [0.29, 0.717) is 18.3 Å². The quantitative estimate of drug-likeness (QED) is 0.634. The van der Waals surface area contributed by atoms with Crippen molar-refractivity contribution in [2.24, 2.45) is 17.3 Å². The molecule has 0 saturated heterocycles. The van der Waals surface area contributed by atoms with Crippen molar-refractivity contribution in [1.82, 2.24) is 5.32 Å². The van der Waals surface area contributed by atoms with E-state index in [4.69, 9.17) is 27.9 Å². The van der Waals surface area contributed by atoms with E-state index in [1.165, 1.54) is 6.42 Å². The van der Waals surface area contributed by atoms with E-state index < -0.39 is 15.7 Å². The molecule has 21 heavy (non-hydrogen) atoms. The smallest absolute Gasteiger partial charge is 0.315 e. The number of ether oxygens (including phenoxy) is 1. The number of amides is 1. The largest absolute Gasteiger partial charge is 0.455 e. The van der Waals surface area contributed by atoms with Crippen molar-refractivity contribution in [3.63, 3.8) is 0 Å². The zero-order valence-corrected chi connectivity index (χ0v) is 14.3. The number of hydrogen-bond acceptors (Lipinski definition) is 3. The lowest BCUT2D eigenvalue weighted by Crippen LogP contribution is -2.45. The molecule has 120 valence electrons. The Bertz CT molecular complexity index is 441. The Kier molecular flexibility index (Phi) is 4.79. The molecule has 2 saturated carbocycles. The van der Waals surface area contributed by atoms with Crippen LogP contribution in [-0.2, 0) is 14.3 Å². The van der Waals surface area contributed by atoms with E-state index in [9.17, 15) is 9.59 Å². The lowest BCUT2D eigenvalue weighted by Gasteiger charge is -2.34. The Hall–Kier alpha value is -0.480. The monoisotopic (exact) mass is 335 g/mol. The maximum absolute atomic E-state index is 11.9. The molecule has 0 aliphatic heterocycles. The van der Waals surface area contributed by atoms with Gasteiger partial charge in [-0.3, -0.25) is 9.59 Å². The molecule has 4 atom stereocenters. The summed E-state index contributed by atoms with van der Waals surface area (Å²) in [6, 6.07) is 0.164. The average Bonchev–Trinajstić information content (AvgIpc) is 2.92. The van der Waals surface area contributed by atoms with Crippen molar-refractivity contribution >= 4 is 35.1 Å². The summed E-state index contributed by atoms with van der Waals surface area (Å²) in [6.07, 6.45) is 3.67. The van der Waals surface area contributed by atoms with Crippen molar-refractivity contribution in [2.45, 2.75) is 56.8 Å². The maximum atomic E-state index is 11.9. The van der Waals surface area contributed by atoms with Crippen LogP contribution in [0.5, 0.6) is 0 Å². The maximum Gasteiger partial charge on any atom is 0.315 e. The van der Waals surface area contributed by atoms with Crippen molar-refractivity contribution in [3.05, 3.63) is 0 Å². The van der Waals surface area contributed by atoms with Gasteiger partial charge in [0.1, 0.15) is 9.75 Å². The molecule has 0 spiro atoms. The SMILES string of the molecule is C[C@@H]1[C@H](C)CCC[C@@H]1NC(=O)COC(=O)[C@]1(C)CC1(Cl)Cl. The van der Waals surface area contributed by atoms with E-state index in [1.807, 2.05) is 0 Å². The Morgan fingerprint density at radius 3 is 2.48 bits per heavy atom. The number of nitrogens with one attached hydrogen (secondary N) is 1. The predicted octanol–water partition coefficient (Wildman–Crippen LogP) is 3.05. The minimum Gasteiger partial charge on any atom is -0.455 e. The lowest BCUT2D eigenvalue weighted by molar-refractivity contribution is -0.153. The molecule has 1 amide bonds. The normalized spacial score (nSPS) is 37.7. The second-order valence-electron chi connectivity index (χ2n) is 6.73. The fourth-order valence-electron chi connectivity index (χ4n) is 2.95. The summed E-state index contributed by atoms with van der Waals surface area (Å²) in [5.41, 5.74) is -0.886. The van der Waals surface area contributed by atoms with Gasteiger partial charge in [-0.25, -0.2) is 0 Å². The molecular formula is C15H23Cl2NO3. The molecule has 2 fully saturated rings. The van der Waals surface area contributed by atoms with Crippen LogP contribution >= 0.6 is 23.2 Å². The zero-order chi connectivity index (χ0) is 15.8. The van der Waals surface area contributed by atoms with Crippen LogP contribution in [0.2, 0.25) is 0 Å². The van der Waals surface area contributed by atoms with Gasteiger partial charge in [-0.05, 0) is 25.2 Å². The number of rotatable bonds is 4. The van der Waals surface area contributed by atoms with Gasteiger partial charge in [-0.15, -0.1) is 23.2 Å². The van der Waals surface area contributed by atoms with Crippen LogP contribution in [-0.4, -0.2) is 28.9 Å². The van der Waals surface area contributed by atoms with Crippen LogP contribution in [0.4, 0.5) is 0 Å². The highest BCUT2D eigenvalue weighted by molar-refractivity contribution is 6.53. The summed E-state index contributed by atoms with van der Waals surface area (Å²) < 4.78 is 3.99. The molecule has 0 aromatic heterocycles. The number of hydrogen-bond donors (Lipinski definition) is 1. The first-order valence-electron chi connectivity index (χ1n) is 7.52. The van der Waals surface area contributed by atoms with Gasteiger partial charge in [0.15, 0.2) is 6.61 Å². The van der Waals surface area contributed by atoms with Gasteiger partial charge in [0, 0.05) is 12.5 Å². The van der Waals surface area contributed by atoms with Crippen molar-refractivity contribution < 1.29 is 14.3 Å². The highest BCUT2D eigenvalue weighted by atomic mass is 35.5. The number of carbonyl (C=O) groups excluding carboxylic acids is 2. The molecule has 2 aliphatic carbocycles. The summed E-state index contributed by atoms with van der Waals surface area (Å²) in [5.74, 6) is 0.281. The van der Waals surface area contributed by atoms with E-state index >= 15 is 0 Å². The Labute approximate surface area is 135 Å².